The van der Waals surface area contributed by atoms with Crippen molar-refractivity contribution >= 4 is 5.69 Å². The Hall–Kier alpha value is -1.80. The first-order chi connectivity index (χ1) is 8.20. The van der Waals surface area contributed by atoms with Gasteiger partial charge in [-0.15, -0.1) is 0 Å². The van der Waals surface area contributed by atoms with Crippen molar-refractivity contribution in [1.82, 2.24) is 9.88 Å². The Bertz CT molecular complexity index is 437. The van der Waals surface area contributed by atoms with Crippen molar-refractivity contribution in [3.8, 4) is 11.9 Å². The number of nitrogens with zero attached hydrogens (tertiary/aromatic N) is 3. The molecule has 0 amide bonds. The van der Waals surface area contributed by atoms with Crippen LogP contribution in [0.25, 0.3) is 0 Å². The first-order valence-electron chi connectivity index (χ1n) is 5.69. The number of likely N-dealkylation sites (N-methyl/N-ethyl adjacent to an activating group) is 1. The Kier molecular flexibility index (Phi) is 3.45. The molecular weight excluding hydrogens is 216 g/mol. The van der Waals surface area contributed by atoms with Crippen LogP contribution >= 0.6 is 0 Å². The predicted octanol–water partition coefficient (Wildman–Crippen LogP) is 1.01. The Morgan fingerprint density at radius 1 is 1.65 bits per heavy atom. The number of hydrogen-bond acceptors (Lipinski definition) is 5. The molecule has 5 nitrogen and oxygen atoms in total. The summed E-state index contributed by atoms with van der Waals surface area (Å²) < 4.78 is 5.50. The molecule has 0 aliphatic heterocycles. The van der Waals surface area contributed by atoms with Crippen LogP contribution in [0, 0.1) is 11.3 Å². The summed E-state index contributed by atoms with van der Waals surface area (Å²) in [5.41, 5.74) is 6.41. The summed E-state index contributed by atoms with van der Waals surface area (Å²) in [4.78, 5) is 6.29. The van der Waals surface area contributed by atoms with Crippen LogP contribution < -0.4 is 10.5 Å². The molecule has 0 radical (unpaired) electrons. The summed E-state index contributed by atoms with van der Waals surface area (Å²) in [5.74, 6) is 0.367. The van der Waals surface area contributed by atoms with Crippen LogP contribution in [-0.2, 0) is 0 Å². The third-order valence-corrected chi connectivity index (χ3v) is 2.85. The molecule has 90 valence electrons. The minimum absolute atomic E-state index is 0.367. The van der Waals surface area contributed by atoms with E-state index in [0.717, 1.165) is 6.54 Å². The second kappa shape index (κ2) is 5.02. The molecule has 1 aliphatic rings. The Labute approximate surface area is 101 Å². The predicted molar refractivity (Wildman–Crippen MR) is 64.5 cm³/mol. The van der Waals surface area contributed by atoms with Gasteiger partial charge in [0.15, 0.2) is 0 Å². The van der Waals surface area contributed by atoms with Crippen molar-refractivity contribution < 1.29 is 4.74 Å². The van der Waals surface area contributed by atoms with E-state index < -0.39 is 0 Å². The summed E-state index contributed by atoms with van der Waals surface area (Å²) in [6.07, 6.45) is 4.06. The van der Waals surface area contributed by atoms with Crippen LogP contribution in [0.2, 0.25) is 0 Å². The molecule has 1 heterocycles. The zero-order valence-corrected chi connectivity index (χ0v) is 9.89. The van der Waals surface area contributed by atoms with Crippen molar-refractivity contribution in [2.75, 3.05) is 25.9 Å². The van der Waals surface area contributed by atoms with E-state index in [1.54, 1.807) is 6.07 Å². The molecule has 0 atom stereocenters. The lowest BCUT2D eigenvalue weighted by atomic mass is 10.3. The van der Waals surface area contributed by atoms with Gasteiger partial charge >= 0.3 is 0 Å². The van der Waals surface area contributed by atoms with E-state index in [1.807, 2.05) is 6.07 Å². The highest BCUT2D eigenvalue weighted by atomic mass is 16.5. The fraction of sp³-hybridized carbons (Fsp3) is 0.500. The van der Waals surface area contributed by atoms with E-state index in [0.29, 0.717) is 29.8 Å². The maximum Gasteiger partial charge on any atom is 0.231 e. The minimum atomic E-state index is 0.367. The van der Waals surface area contributed by atoms with Crippen LogP contribution in [0.15, 0.2) is 12.3 Å². The van der Waals surface area contributed by atoms with Gasteiger partial charge in [0.05, 0.1) is 11.9 Å². The summed E-state index contributed by atoms with van der Waals surface area (Å²) in [6, 6.07) is 4.32. The molecule has 0 aromatic carbocycles. The van der Waals surface area contributed by atoms with E-state index in [4.69, 9.17) is 15.7 Å². The summed E-state index contributed by atoms with van der Waals surface area (Å²) in [5, 5.41) is 8.91. The molecule has 5 heteroatoms. The lowest BCUT2D eigenvalue weighted by Crippen LogP contribution is -2.26. The van der Waals surface area contributed by atoms with Crippen LogP contribution in [0.1, 0.15) is 18.4 Å². The van der Waals surface area contributed by atoms with E-state index in [2.05, 4.69) is 16.9 Å². The number of ether oxygens (including phenoxy) is 1. The SMILES string of the molecule is CN(CCOc1ncc(N)cc1C#N)C1CC1. The molecule has 1 aromatic rings. The van der Waals surface area contributed by atoms with Crippen LogP contribution in [-0.4, -0.2) is 36.1 Å². The van der Waals surface area contributed by atoms with E-state index in [-0.39, 0.29) is 0 Å². The average Bonchev–Trinajstić information content (AvgIpc) is 3.14. The Morgan fingerprint density at radius 3 is 3.06 bits per heavy atom. The summed E-state index contributed by atoms with van der Waals surface area (Å²) in [7, 11) is 2.09. The molecule has 1 aliphatic carbocycles. The minimum Gasteiger partial charge on any atom is -0.475 e. The molecule has 0 spiro atoms. The van der Waals surface area contributed by atoms with Gasteiger partial charge < -0.3 is 15.4 Å². The van der Waals surface area contributed by atoms with Crippen molar-refractivity contribution in [3.63, 3.8) is 0 Å². The number of nitriles is 1. The highest BCUT2D eigenvalue weighted by Gasteiger charge is 2.25. The van der Waals surface area contributed by atoms with Crippen molar-refractivity contribution in [3.05, 3.63) is 17.8 Å². The highest BCUT2D eigenvalue weighted by Crippen LogP contribution is 2.25. The standard InChI is InChI=1S/C12H16N4O/c1-16(11-2-3-11)4-5-17-12-9(7-13)6-10(14)8-15-12/h6,8,11H,2-5,14H2,1H3. The van der Waals surface area contributed by atoms with Gasteiger partial charge in [-0.3, -0.25) is 0 Å². The van der Waals surface area contributed by atoms with Gasteiger partial charge in [-0.05, 0) is 26.0 Å². The Morgan fingerprint density at radius 2 is 2.41 bits per heavy atom. The van der Waals surface area contributed by atoms with E-state index in [1.165, 1.54) is 19.0 Å². The molecule has 17 heavy (non-hydrogen) atoms. The van der Waals surface area contributed by atoms with Gasteiger partial charge in [-0.25, -0.2) is 4.98 Å². The molecule has 1 aromatic heterocycles. The molecule has 1 fully saturated rings. The lowest BCUT2D eigenvalue weighted by Gasteiger charge is -2.15. The molecular formula is C12H16N4O. The maximum atomic E-state index is 8.91. The number of nitrogens with two attached hydrogens (primary N) is 1. The fourth-order valence-electron chi connectivity index (χ4n) is 1.65. The van der Waals surface area contributed by atoms with Crippen molar-refractivity contribution in [2.45, 2.75) is 18.9 Å². The highest BCUT2D eigenvalue weighted by molar-refractivity contribution is 5.48. The van der Waals surface area contributed by atoms with Gasteiger partial charge in [0.25, 0.3) is 0 Å². The quantitative estimate of drug-likeness (QED) is 0.820. The second-order valence-electron chi connectivity index (χ2n) is 4.29. The van der Waals surface area contributed by atoms with Gasteiger partial charge in [0, 0.05) is 12.6 Å². The lowest BCUT2D eigenvalue weighted by molar-refractivity contribution is 0.226. The third-order valence-electron chi connectivity index (χ3n) is 2.85. The number of aromatic nitrogens is 1. The summed E-state index contributed by atoms with van der Waals surface area (Å²) >= 11 is 0. The van der Waals surface area contributed by atoms with Gasteiger partial charge in [0.2, 0.25) is 5.88 Å². The first kappa shape index (κ1) is 11.7. The number of pyridine rings is 1. The number of nitrogen functional groups attached to an aromatic ring is 1. The molecule has 2 rings (SSSR count). The molecule has 1 saturated carbocycles. The van der Waals surface area contributed by atoms with Gasteiger partial charge in [-0.1, -0.05) is 0 Å². The molecule has 0 unspecified atom stereocenters. The normalized spacial score (nSPS) is 14.6. The van der Waals surface area contributed by atoms with E-state index in [9.17, 15) is 0 Å². The third kappa shape index (κ3) is 3.08. The first-order valence-corrected chi connectivity index (χ1v) is 5.69. The number of hydrogen-bond donors (Lipinski definition) is 1. The smallest absolute Gasteiger partial charge is 0.231 e. The molecule has 0 bridgehead atoms. The summed E-state index contributed by atoms with van der Waals surface area (Å²) in [6.45, 7) is 1.39. The number of rotatable bonds is 5. The number of anilines is 1. The van der Waals surface area contributed by atoms with Crippen molar-refractivity contribution in [2.24, 2.45) is 0 Å². The monoisotopic (exact) mass is 232 g/mol. The molecule has 0 saturated heterocycles. The zero-order chi connectivity index (χ0) is 12.3. The van der Waals surface area contributed by atoms with Crippen molar-refractivity contribution in [1.29, 1.82) is 5.26 Å². The van der Waals surface area contributed by atoms with Crippen LogP contribution in [0.4, 0.5) is 5.69 Å². The zero-order valence-electron chi connectivity index (χ0n) is 9.89. The topological polar surface area (TPSA) is 75.2 Å². The van der Waals surface area contributed by atoms with Crippen LogP contribution in [0.3, 0.4) is 0 Å². The molecule has 2 N–H and O–H groups in total. The van der Waals surface area contributed by atoms with E-state index >= 15 is 0 Å². The van der Waals surface area contributed by atoms with Crippen LogP contribution in [0.5, 0.6) is 5.88 Å². The maximum absolute atomic E-state index is 8.91. The second-order valence-corrected chi connectivity index (χ2v) is 4.29. The van der Waals surface area contributed by atoms with Gasteiger partial charge in [0.1, 0.15) is 18.2 Å². The van der Waals surface area contributed by atoms with Gasteiger partial charge in [-0.2, -0.15) is 5.26 Å². The largest absolute Gasteiger partial charge is 0.475 e. The average molecular weight is 232 g/mol. The Balaban J connectivity index is 1.87. The fourth-order valence-corrected chi connectivity index (χ4v) is 1.65.